The zero-order chi connectivity index (χ0) is 58.1. The summed E-state index contributed by atoms with van der Waals surface area (Å²) in [6.45, 7) is 24.7. The minimum absolute atomic E-state index is 0. The maximum atomic E-state index is 6.87. The van der Waals surface area contributed by atoms with Crippen molar-refractivity contribution in [3.05, 3.63) is 272 Å². The van der Waals surface area contributed by atoms with E-state index < -0.39 is 0 Å². The first kappa shape index (κ1) is 56.7. The number of hydrogen-bond donors (Lipinski definition) is 0. The molecular formula is C79H69N4OPt-3. The average Bonchev–Trinajstić information content (AvgIpc) is 1.85. The number of para-hydroxylation sites is 3. The molecule has 6 heteroatoms. The fourth-order valence-corrected chi connectivity index (χ4v) is 11.8. The Kier molecular flexibility index (Phi) is 14.9. The Balaban J connectivity index is 0.00000709. The van der Waals surface area contributed by atoms with Gasteiger partial charge >= 0.3 is 0 Å². The Labute approximate surface area is 516 Å². The predicted octanol–water partition coefficient (Wildman–Crippen LogP) is 21.5. The van der Waals surface area contributed by atoms with Gasteiger partial charge in [-0.25, -0.2) is 4.98 Å². The van der Waals surface area contributed by atoms with Crippen LogP contribution < -0.4 is 14.5 Å². The molecule has 1 aliphatic rings. The van der Waals surface area contributed by atoms with E-state index in [2.05, 4.69) is 309 Å². The van der Waals surface area contributed by atoms with Crippen molar-refractivity contribution < 1.29 is 25.8 Å². The van der Waals surface area contributed by atoms with Crippen molar-refractivity contribution in [1.29, 1.82) is 0 Å². The summed E-state index contributed by atoms with van der Waals surface area (Å²) in [7, 11) is 0. The van der Waals surface area contributed by atoms with Crippen LogP contribution in [0.5, 0.6) is 11.5 Å². The van der Waals surface area contributed by atoms with Crippen molar-refractivity contribution >= 4 is 44.6 Å². The topological polar surface area (TPSA) is 33.5 Å². The largest absolute Gasteiger partial charge is 0.509 e. The number of fused-ring (bicyclic) bond motifs is 4. The molecule has 85 heavy (non-hydrogen) atoms. The van der Waals surface area contributed by atoms with Gasteiger partial charge in [0.2, 0.25) is 0 Å². The van der Waals surface area contributed by atoms with Crippen molar-refractivity contribution in [2.45, 2.75) is 85.5 Å². The molecule has 0 saturated carbocycles. The quantitative estimate of drug-likeness (QED) is 0.128. The molecule has 10 aromatic carbocycles. The molecule has 0 spiro atoms. The molecular weight excluding hydrogens is 1220 g/mol. The summed E-state index contributed by atoms with van der Waals surface area (Å²) in [5.41, 5.74) is 22.6. The molecule has 2 aromatic heterocycles. The summed E-state index contributed by atoms with van der Waals surface area (Å²) in [5, 5.41) is 2.17. The van der Waals surface area contributed by atoms with E-state index in [0.717, 1.165) is 94.9 Å². The molecule has 0 bridgehead atoms. The molecule has 0 amide bonds. The third-order valence-corrected chi connectivity index (χ3v) is 16.6. The van der Waals surface area contributed by atoms with E-state index in [-0.39, 0.29) is 37.3 Å². The van der Waals surface area contributed by atoms with Gasteiger partial charge in [-0.05, 0) is 120 Å². The molecule has 0 N–H and O–H groups in total. The number of aromatic nitrogens is 2. The molecule has 5 nitrogen and oxygen atoms in total. The Bertz CT molecular complexity index is 4420. The molecule has 424 valence electrons. The van der Waals surface area contributed by atoms with Gasteiger partial charge in [0.25, 0.3) is 0 Å². The van der Waals surface area contributed by atoms with Crippen LogP contribution in [0.25, 0.3) is 83.3 Å². The van der Waals surface area contributed by atoms with E-state index >= 15 is 0 Å². The third-order valence-electron chi connectivity index (χ3n) is 16.6. The summed E-state index contributed by atoms with van der Waals surface area (Å²) >= 11 is 0. The number of hydrogen-bond acceptors (Lipinski definition) is 4. The standard InChI is InChI=1S/C79H69N4O.Pt/c1-52-45-75(80-50-70(52)56-33-40-62(41-34-56)79(8,9)10)83-71-44-35-58(54-29-36-60(37-30-54)77(2,3)4)47-69(71)68-43-42-65(49-74(68)83)84-64-24-17-23-63(48-64)81-51-82(73-28-15-14-27-72(73)81)76-66(55-31-38-61(39-32-55)78(5,6)7)25-18-26-67(76)59-22-16-21-57(46-59)53-19-12-11-13-20-53;/h11-47,50-51H,1-10H3;/q-3;. The molecule has 0 saturated heterocycles. The molecule has 3 heterocycles. The summed E-state index contributed by atoms with van der Waals surface area (Å²) in [6, 6.07) is 88.5. The molecule has 1 aliphatic heterocycles. The molecule has 0 unspecified atom stereocenters. The summed E-state index contributed by atoms with van der Waals surface area (Å²) in [4.78, 5) is 9.79. The van der Waals surface area contributed by atoms with Gasteiger partial charge in [0, 0.05) is 78.0 Å². The van der Waals surface area contributed by atoms with Crippen molar-refractivity contribution in [3.8, 4) is 73.0 Å². The molecule has 13 rings (SSSR count). The van der Waals surface area contributed by atoms with Crippen LogP contribution >= 0.6 is 0 Å². The summed E-state index contributed by atoms with van der Waals surface area (Å²) < 4.78 is 9.11. The summed E-state index contributed by atoms with van der Waals surface area (Å²) in [6.07, 6.45) is 2.02. The second-order valence-electron chi connectivity index (χ2n) is 25.5. The third kappa shape index (κ3) is 11.0. The Morgan fingerprint density at radius 2 is 0.918 bits per heavy atom. The fraction of sp³-hybridized carbons (Fsp3) is 0.165. The molecule has 0 atom stereocenters. The Morgan fingerprint density at radius 1 is 0.412 bits per heavy atom. The number of benzene rings is 10. The number of rotatable bonds is 10. The van der Waals surface area contributed by atoms with Crippen LogP contribution in [0, 0.1) is 25.7 Å². The van der Waals surface area contributed by atoms with Gasteiger partial charge in [-0.15, -0.1) is 48.1 Å². The van der Waals surface area contributed by atoms with Gasteiger partial charge in [0.05, 0.1) is 0 Å². The van der Waals surface area contributed by atoms with E-state index in [4.69, 9.17) is 9.72 Å². The number of ether oxygens (including phenoxy) is 1. The normalized spacial score (nSPS) is 12.6. The second-order valence-corrected chi connectivity index (χ2v) is 25.5. The maximum absolute atomic E-state index is 6.87. The fourth-order valence-electron chi connectivity index (χ4n) is 11.8. The SMILES string of the molecule is Cc1cc(-n2c3[c-]c(Oc4[c-]c(N5[CH-]N(c6c(-c7ccc(C(C)(C)C)cc7)cccc6-c6cccc(-c7ccccc7)c6)c6ccccc65)ccc4)ccc3c3cc(-c4ccc(C(C)(C)C)cc4)ccc32)ncc1-c1ccc(C(C)(C)C)cc1.[Pt]. The first-order valence-electron chi connectivity index (χ1n) is 29.2. The van der Waals surface area contributed by atoms with Crippen LogP contribution in [0.3, 0.4) is 0 Å². The van der Waals surface area contributed by atoms with E-state index in [1.165, 1.54) is 33.4 Å². The number of nitrogens with zero attached hydrogens (tertiary/aromatic N) is 4. The van der Waals surface area contributed by atoms with Crippen LogP contribution in [-0.4, -0.2) is 9.55 Å². The van der Waals surface area contributed by atoms with Crippen LogP contribution in [-0.2, 0) is 37.3 Å². The minimum atomic E-state index is 0. The zero-order valence-electron chi connectivity index (χ0n) is 50.0. The van der Waals surface area contributed by atoms with Crippen molar-refractivity contribution in [3.63, 3.8) is 0 Å². The Hall–Kier alpha value is -8.76. The predicted molar refractivity (Wildman–Crippen MR) is 352 cm³/mol. The van der Waals surface area contributed by atoms with Crippen molar-refractivity contribution in [2.75, 3.05) is 9.80 Å². The van der Waals surface area contributed by atoms with Crippen LogP contribution in [0.1, 0.15) is 84.6 Å². The summed E-state index contributed by atoms with van der Waals surface area (Å²) in [5.74, 6) is 1.96. The molecule has 0 radical (unpaired) electrons. The van der Waals surface area contributed by atoms with E-state index in [1.54, 1.807) is 0 Å². The second kappa shape index (κ2) is 22.3. The van der Waals surface area contributed by atoms with Gasteiger partial charge in [0.1, 0.15) is 5.82 Å². The number of aryl methyl sites for hydroxylation is 1. The smallest absolute Gasteiger partial charge is 0.135 e. The minimum Gasteiger partial charge on any atom is -0.509 e. The maximum Gasteiger partial charge on any atom is 0.135 e. The van der Waals surface area contributed by atoms with E-state index in [1.807, 2.05) is 24.4 Å². The van der Waals surface area contributed by atoms with Crippen molar-refractivity contribution in [2.24, 2.45) is 0 Å². The average molecular weight is 1290 g/mol. The first-order chi connectivity index (χ1) is 40.4. The van der Waals surface area contributed by atoms with Crippen LogP contribution in [0.15, 0.2) is 231 Å². The van der Waals surface area contributed by atoms with Gasteiger partial charge < -0.3 is 19.1 Å². The van der Waals surface area contributed by atoms with Crippen LogP contribution in [0.4, 0.5) is 22.7 Å². The van der Waals surface area contributed by atoms with E-state index in [9.17, 15) is 0 Å². The van der Waals surface area contributed by atoms with Gasteiger partial charge in [0.15, 0.2) is 0 Å². The first-order valence-corrected chi connectivity index (χ1v) is 29.2. The monoisotopic (exact) mass is 1280 g/mol. The van der Waals surface area contributed by atoms with Crippen LogP contribution in [0.2, 0.25) is 0 Å². The van der Waals surface area contributed by atoms with E-state index in [0.29, 0.717) is 11.5 Å². The number of anilines is 4. The van der Waals surface area contributed by atoms with Gasteiger partial charge in [-0.3, -0.25) is 0 Å². The van der Waals surface area contributed by atoms with Gasteiger partial charge in [-0.1, -0.05) is 232 Å². The van der Waals surface area contributed by atoms with Gasteiger partial charge in [-0.2, -0.15) is 12.1 Å². The van der Waals surface area contributed by atoms with Crippen molar-refractivity contribution in [1.82, 2.24) is 9.55 Å². The number of pyridine rings is 1. The zero-order valence-corrected chi connectivity index (χ0v) is 52.3. The Morgan fingerprint density at radius 3 is 1.55 bits per heavy atom. The molecule has 0 aliphatic carbocycles. The molecule has 12 aromatic rings. The molecule has 0 fully saturated rings.